The smallest absolute Gasteiger partial charge is 0.327 e. The SMILES string of the molecule is CC(N)c1nc2cc(C(F)(F)F)ccc2n1CCCN(C)C. The molecule has 1 aromatic carbocycles. The zero-order valence-corrected chi connectivity index (χ0v) is 13.0. The van der Waals surface area contributed by atoms with Crippen LogP contribution in [-0.4, -0.2) is 35.1 Å². The average Bonchev–Trinajstić information content (AvgIpc) is 2.76. The highest BCUT2D eigenvalue weighted by molar-refractivity contribution is 5.77. The lowest BCUT2D eigenvalue weighted by molar-refractivity contribution is -0.137. The number of rotatable bonds is 5. The Kier molecular flexibility index (Phi) is 4.77. The molecule has 7 heteroatoms. The van der Waals surface area contributed by atoms with Gasteiger partial charge in [0.15, 0.2) is 0 Å². The molecular weight excluding hydrogens is 293 g/mol. The number of aromatic nitrogens is 2. The highest BCUT2D eigenvalue weighted by atomic mass is 19.4. The third-order valence-electron chi connectivity index (χ3n) is 3.50. The molecule has 0 spiro atoms. The van der Waals surface area contributed by atoms with Crippen LogP contribution in [0.25, 0.3) is 11.0 Å². The van der Waals surface area contributed by atoms with Crippen molar-refractivity contribution in [3.05, 3.63) is 29.6 Å². The Morgan fingerprint density at radius 2 is 2.00 bits per heavy atom. The summed E-state index contributed by atoms with van der Waals surface area (Å²) in [6.07, 6.45) is -3.49. The van der Waals surface area contributed by atoms with E-state index in [1.54, 1.807) is 6.92 Å². The largest absolute Gasteiger partial charge is 0.416 e. The Morgan fingerprint density at radius 1 is 1.32 bits per heavy atom. The zero-order valence-electron chi connectivity index (χ0n) is 13.0. The van der Waals surface area contributed by atoms with Gasteiger partial charge in [0, 0.05) is 6.54 Å². The topological polar surface area (TPSA) is 47.1 Å². The predicted molar refractivity (Wildman–Crippen MR) is 80.5 cm³/mol. The molecule has 0 amide bonds. The van der Waals surface area contributed by atoms with Crippen LogP contribution in [-0.2, 0) is 12.7 Å². The van der Waals surface area contributed by atoms with Gasteiger partial charge in [-0.2, -0.15) is 13.2 Å². The fraction of sp³-hybridized carbons (Fsp3) is 0.533. The quantitative estimate of drug-likeness (QED) is 0.923. The standard InChI is InChI=1S/C15H21F3N4/c1-10(19)14-20-12-9-11(15(16,17)18)5-6-13(12)22(14)8-4-7-21(2)3/h5-6,9-10H,4,7-8,19H2,1-3H3. The normalized spacial score (nSPS) is 14.0. The Bertz CT molecular complexity index is 644. The van der Waals surface area contributed by atoms with E-state index in [-0.39, 0.29) is 6.04 Å². The van der Waals surface area contributed by atoms with Crippen molar-refractivity contribution < 1.29 is 13.2 Å². The Balaban J connectivity index is 2.42. The van der Waals surface area contributed by atoms with Crippen LogP contribution >= 0.6 is 0 Å². The molecule has 122 valence electrons. The lowest BCUT2D eigenvalue weighted by Gasteiger charge is -2.14. The van der Waals surface area contributed by atoms with Crippen molar-refractivity contribution in [3.63, 3.8) is 0 Å². The number of nitrogens with zero attached hydrogens (tertiary/aromatic N) is 3. The van der Waals surface area contributed by atoms with Crippen LogP contribution in [0.2, 0.25) is 0 Å². The maximum atomic E-state index is 12.8. The predicted octanol–water partition coefficient (Wildman–Crippen LogP) is 3.03. The van der Waals surface area contributed by atoms with Crippen LogP contribution in [0.4, 0.5) is 13.2 Å². The molecule has 0 saturated carbocycles. The van der Waals surface area contributed by atoms with E-state index in [0.717, 1.165) is 25.1 Å². The molecule has 22 heavy (non-hydrogen) atoms. The van der Waals surface area contributed by atoms with E-state index in [4.69, 9.17) is 5.73 Å². The molecule has 0 aliphatic carbocycles. The number of alkyl halides is 3. The number of halogens is 3. The molecule has 0 saturated heterocycles. The molecule has 0 aliphatic heterocycles. The molecule has 1 aromatic heterocycles. The van der Waals surface area contributed by atoms with Gasteiger partial charge in [0.2, 0.25) is 0 Å². The van der Waals surface area contributed by atoms with Crippen LogP contribution < -0.4 is 5.73 Å². The van der Waals surface area contributed by atoms with Crippen LogP contribution in [0.15, 0.2) is 18.2 Å². The number of imidazole rings is 1. The van der Waals surface area contributed by atoms with E-state index in [1.165, 1.54) is 6.07 Å². The van der Waals surface area contributed by atoms with Crippen molar-refractivity contribution in [1.82, 2.24) is 14.5 Å². The summed E-state index contributed by atoms with van der Waals surface area (Å²) >= 11 is 0. The fourth-order valence-corrected chi connectivity index (χ4v) is 2.45. The minimum Gasteiger partial charge on any atom is -0.327 e. The molecule has 2 rings (SSSR count). The lowest BCUT2D eigenvalue weighted by atomic mass is 10.2. The van der Waals surface area contributed by atoms with Gasteiger partial charge in [-0.25, -0.2) is 4.98 Å². The first-order chi connectivity index (χ1) is 10.2. The van der Waals surface area contributed by atoms with Gasteiger partial charge in [0.1, 0.15) is 5.82 Å². The van der Waals surface area contributed by atoms with Gasteiger partial charge in [-0.15, -0.1) is 0 Å². The van der Waals surface area contributed by atoms with Crippen LogP contribution in [0.1, 0.15) is 30.8 Å². The van der Waals surface area contributed by atoms with Gasteiger partial charge in [-0.1, -0.05) is 0 Å². The van der Waals surface area contributed by atoms with Gasteiger partial charge in [0.05, 0.1) is 22.6 Å². The van der Waals surface area contributed by atoms with Crippen molar-refractivity contribution in [1.29, 1.82) is 0 Å². The first-order valence-corrected chi connectivity index (χ1v) is 7.18. The summed E-state index contributed by atoms with van der Waals surface area (Å²) < 4.78 is 40.3. The van der Waals surface area contributed by atoms with Crippen molar-refractivity contribution in [2.75, 3.05) is 20.6 Å². The van der Waals surface area contributed by atoms with Crippen molar-refractivity contribution >= 4 is 11.0 Å². The molecule has 0 aliphatic rings. The van der Waals surface area contributed by atoms with E-state index in [2.05, 4.69) is 9.88 Å². The van der Waals surface area contributed by atoms with Crippen molar-refractivity contribution in [2.45, 2.75) is 32.1 Å². The first-order valence-electron chi connectivity index (χ1n) is 7.18. The van der Waals surface area contributed by atoms with Gasteiger partial charge in [0.25, 0.3) is 0 Å². The number of hydrogen-bond donors (Lipinski definition) is 1. The van der Waals surface area contributed by atoms with E-state index in [0.29, 0.717) is 23.4 Å². The second kappa shape index (κ2) is 6.26. The molecular formula is C15H21F3N4. The minimum absolute atomic E-state index is 0.332. The van der Waals surface area contributed by atoms with Gasteiger partial charge in [-0.3, -0.25) is 0 Å². The number of benzene rings is 1. The molecule has 0 radical (unpaired) electrons. The van der Waals surface area contributed by atoms with Crippen molar-refractivity contribution in [3.8, 4) is 0 Å². The van der Waals surface area contributed by atoms with Gasteiger partial charge in [-0.05, 0) is 52.2 Å². The zero-order chi connectivity index (χ0) is 16.5. The lowest BCUT2D eigenvalue weighted by Crippen LogP contribution is -2.18. The maximum absolute atomic E-state index is 12.8. The molecule has 1 atom stereocenters. The fourth-order valence-electron chi connectivity index (χ4n) is 2.45. The summed E-state index contributed by atoms with van der Waals surface area (Å²) in [5.41, 5.74) is 6.27. The number of fused-ring (bicyclic) bond motifs is 1. The summed E-state index contributed by atoms with van der Waals surface area (Å²) in [5, 5.41) is 0. The summed E-state index contributed by atoms with van der Waals surface area (Å²) in [7, 11) is 3.96. The molecule has 2 aromatic rings. The number of hydrogen-bond acceptors (Lipinski definition) is 3. The molecule has 1 heterocycles. The highest BCUT2D eigenvalue weighted by Crippen LogP contribution is 2.32. The number of aryl methyl sites for hydroxylation is 1. The Morgan fingerprint density at radius 3 is 2.55 bits per heavy atom. The van der Waals surface area contributed by atoms with E-state index < -0.39 is 11.7 Å². The number of nitrogens with two attached hydrogens (primary N) is 1. The Labute approximate surface area is 127 Å². The monoisotopic (exact) mass is 314 g/mol. The summed E-state index contributed by atoms with van der Waals surface area (Å²) in [6.45, 7) is 3.35. The molecule has 1 unspecified atom stereocenters. The van der Waals surface area contributed by atoms with Gasteiger partial charge >= 0.3 is 6.18 Å². The second-order valence-corrected chi connectivity index (χ2v) is 5.77. The van der Waals surface area contributed by atoms with Crippen LogP contribution in [0.3, 0.4) is 0 Å². The average molecular weight is 314 g/mol. The third-order valence-corrected chi connectivity index (χ3v) is 3.50. The summed E-state index contributed by atoms with van der Waals surface area (Å²) in [4.78, 5) is 6.37. The van der Waals surface area contributed by atoms with Gasteiger partial charge < -0.3 is 15.2 Å². The summed E-state index contributed by atoms with van der Waals surface area (Å²) in [6, 6.07) is 3.33. The summed E-state index contributed by atoms with van der Waals surface area (Å²) in [5.74, 6) is 0.619. The second-order valence-electron chi connectivity index (χ2n) is 5.77. The Hall–Kier alpha value is -1.60. The van der Waals surface area contributed by atoms with E-state index in [9.17, 15) is 13.2 Å². The molecule has 4 nitrogen and oxygen atoms in total. The molecule has 2 N–H and O–H groups in total. The maximum Gasteiger partial charge on any atom is 0.416 e. The van der Waals surface area contributed by atoms with E-state index in [1.807, 2.05) is 18.7 Å². The third kappa shape index (κ3) is 3.59. The molecule has 0 fully saturated rings. The molecule has 0 bridgehead atoms. The van der Waals surface area contributed by atoms with Crippen LogP contribution in [0.5, 0.6) is 0 Å². The first kappa shape index (κ1) is 16.8. The minimum atomic E-state index is -4.36. The van der Waals surface area contributed by atoms with Crippen molar-refractivity contribution in [2.24, 2.45) is 5.73 Å². The van der Waals surface area contributed by atoms with Crippen LogP contribution in [0, 0.1) is 0 Å². The highest BCUT2D eigenvalue weighted by Gasteiger charge is 2.31. The van der Waals surface area contributed by atoms with E-state index >= 15 is 0 Å².